The average molecular weight is 667 g/mol. The number of methoxy groups -OCH3 is 3. The molecular formula is C36H46N2O10. The number of nitrogens with zero attached hydrogens (tertiary/aromatic N) is 2. The van der Waals surface area contributed by atoms with Crippen molar-refractivity contribution in [2.75, 3.05) is 45.9 Å². The second kappa shape index (κ2) is 10.6. The first-order chi connectivity index (χ1) is 22.9. The van der Waals surface area contributed by atoms with Crippen molar-refractivity contribution >= 4 is 29.3 Å². The Morgan fingerprint density at radius 1 is 1.06 bits per heavy atom. The van der Waals surface area contributed by atoms with E-state index in [-0.39, 0.29) is 66.2 Å². The van der Waals surface area contributed by atoms with Crippen LogP contribution in [0.25, 0.3) is 0 Å². The number of ketones is 1. The third kappa shape index (κ3) is 3.56. The number of imide groups is 1. The average Bonchev–Trinajstić information content (AvgIpc) is 3.56. The van der Waals surface area contributed by atoms with Crippen LogP contribution >= 0.6 is 0 Å². The van der Waals surface area contributed by atoms with Gasteiger partial charge in [-0.1, -0.05) is 26.0 Å². The van der Waals surface area contributed by atoms with E-state index in [9.17, 15) is 29.4 Å². The number of benzene rings is 1. The van der Waals surface area contributed by atoms with Gasteiger partial charge in [0.2, 0.25) is 11.8 Å². The Hall–Kier alpha value is -2.74. The van der Waals surface area contributed by atoms with Crippen molar-refractivity contribution in [3.05, 3.63) is 29.8 Å². The molecule has 48 heavy (non-hydrogen) atoms. The lowest BCUT2D eigenvalue weighted by atomic mass is 9.42. The molecule has 12 nitrogen and oxygen atoms in total. The number of Topliss-reactive ketones (excluding diaryl/α,β-unsaturated/α-hetero) is 1. The number of amides is 2. The van der Waals surface area contributed by atoms with Gasteiger partial charge in [0.15, 0.2) is 0 Å². The summed E-state index contributed by atoms with van der Waals surface area (Å²) in [5, 5.41) is 26.1. The number of anilines is 1. The van der Waals surface area contributed by atoms with Gasteiger partial charge in [0.1, 0.15) is 17.0 Å². The summed E-state index contributed by atoms with van der Waals surface area (Å²) in [4.78, 5) is 57.2. The summed E-state index contributed by atoms with van der Waals surface area (Å²) in [6.45, 7) is 4.72. The third-order valence-electron chi connectivity index (χ3n) is 14.0. The van der Waals surface area contributed by atoms with E-state index in [0.717, 1.165) is 4.90 Å². The summed E-state index contributed by atoms with van der Waals surface area (Å²) >= 11 is 0. The van der Waals surface area contributed by atoms with Gasteiger partial charge in [-0.2, -0.15) is 0 Å². The molecule has 0 radical (unpaired) electrons. The van der Waals surface area contributed by atoms with Gasteiger partial charge in [0, 0.05) is 69.3 Å². The molecule has 2 heterocycles. The summed E-state index contributed by atoms with van der Waals surface area (Å²) in [5.74, 6) is -3.81. The largest absolute Gasteiger partial charge is 0.461 e. The number of hydrogen-bond acceptors (Lipinski definition) is 11. The quantitative estimate of drug-likeness (QED) is 0.307. The number of likely N-dealkylation sites (tertiary alicyclic amines) is 1. The third-order valence-corrected chi connectivity index (χ3v) is 14.0. The van der Waals surface area contributed by atoms with E-state index in [1.54, 1.807) is 52.5 Å². The molecule has 5 saturated carbocycles. The number of esters is 1. The van der Waals surface area contributed by atoms with Crippen molar-refractivity contribution in [2.24, 2.45) is 40.4 Å². The predicted octanol–water partition coefficient (Wildman–Crippen LogP) is 1.59. The predicted molar refractivity (Wildman–Crippen MR) is 169 cm³/mol. The van der Waals surface area contributed by atoms with Crippen LogP contribution < -0.4 is 4.90 Å². The van der Waals surface area contributed by atoms with E-state index in [1.807, 2.05) is 6.92 Å². The van der Waals surface area contributed by atoms with Crippen LogP contribution in [0.5, 0.6) is 0 Å². The first-order valence-corrected chi connectivity index (χ1v) is 17.3. The Labute approximate surface area is 280 Å². The van der Waals surface area contributed by atoms with Gasteiger partial charge in [-0.25, -0.2) is 9.69 Å². The zero-order valence-corrected chi connectivity index (χ0v) is 28.2. The fourth-order valence-corrected chi connectivity index (χ4v) is 12.6. The van der Waals surface area contributed by atoms with Crippen LogP contribution in [0.3, 0.4) is 0 Å². The monoisotopic (exact) mass is 666 g/mol. The highest BCUT2D eigenvalue weighted by atomic mass is 16.5. The van der Waals surface area contributed by atoms with Crippen LogP contribution in [-0.2, 0) is 33.3 Å². The Balaban J connectivity index is 1.23. The summed E-state index contributed by atoms with van der Waals surface area (Å²) < 4.78 is 24.7. The first-order valence-electron chi connectivity index (χ1n) is 17.3. The molecule has 8 rings (SSSR count). The van der Waals surface area contributed by atoms with Gasteiger partial charge in [-0.05, 0) is 43.9 Å². The maximum atomic E-state index is 14.1. The zero-order chi connectivity index (χ0) is 34.1. The molecule has 1 unspecified atom stereocenters. The Morgan fingerprint density at radius 2 is 1.81 bits per heavy atom. The normalized spacial score (nSPS) is 47.2. The second-order valence-corrected chi connectivity index (χ2v) is 15.5. The Kier molecular flexibility index (Phi) is 7.19. The Morgan fingerprint density at radius 3 is 2.46 bits per heavy atom. The molecular weight excluding hydrogens is 620 g/mol. The molecule has 2 N–H and O–H groups in total. The van der Waals surface area contributed by atoms with Gasteiger partial charge >= 0.3 is 5.97 Å². The highest BCUT2D eigenvalue weighted by Crippen LogP contribution is 2.80. The van der Waals surface area contributed by atoms with Gasteiger partial charge in [-0.3, -0.25) is 19.3 Å². The number of carbonyl (C=O) groups is 4. The lowest BCUT2D eigenvalue weighted by Gasteiger charge is -2.69. The lowest BCUT2D eigenvalue weighted by molar-refractivity contribution is -0.300. The van der Waals surface area contributed by atoms with E-state index in [1.165, 1.54) is 0 Å². The fourth-order valence-electron chi connectivity index (χ4n) is 12.6. The Bertz CT molecular complexity index is 1580. The minimum absolute atomic E-state index is 0.0195. The fraction of sp³-hybridized carbons (Fsp3) is 0.722. The molecule has 1 aromatic rings. The van der Waals surface area contributed by atoms with Crippen molar-refractivity contribution in [1.29, 1.82) is 0 Å². The molecule has 12 heteroatoms. The van der Waals surface area contributed by atoms with Gasteiger partial charge < -0.3 is 29.2 Å². The van der Waals surface area contributed by atoms with E-state index in [4.69, 9.17) is 18.9 Å². The minimum atomic E-state index is -1.84. The summed E-state index contributed by atoms with van der Waals surface area (Å²) in [7, 11) is 4.78. The molecule has 2 amide bonds. The SMILES string of the molecule is CCN1C[C@]2(COC(=O)c3ccccc3N3C(=O)C[C@H](C)C3=O)CC[C@H](OC)[C@]34C1[C@@](O)([C@@H](OC)[C@H]23)[C@@]1(O)C[C@H](OC)[C@@H]2C[C@@H]4[C@@H]1C2=O. The van der Waals surface area contributed by atoms with Gasteiger partial charge in [0.05, 0.1) is 48.1 Å². The number of para-hydroxylation sites is 1. The van der Waals surface area contributed by atoms with Gasteiger partial charge in [-0.15, -0.1) is 0 Å². The molecule has 0 aromatic heterocycles. The lowest BCUT2D eigenvalue weighted by Crippen LogP contribution is -2.81. The number of likely N-dealkylation sites (N-methyl/N-ethyl adjacent to an activating group) is 1. The van der Waals surface area contributed by atoms with Crippen LogP contribution in [0.4, 0.5) is 5.69 Å². The smallest absolute Gasteiger partial charge is 0.340 e. The number of hydrogen-bond donors (Lipinski definition) is 2. The van der Waals surface area contributed by atoms with E-state index < -0.39 is 64.0 Å². The van der Waals surface area contributed by atoms with Crippen molar-refractivity contribution in [3.63, 3.8) is 0 Å². The van der Waals surface area contributed by atoms with Crippen molar-refractivity contribution in [2.45, 2.75) is 81.5 Å². The summed E-state index contributed by atoms with van der Waals surface area (Å²) in [5.41, 5.74) is -4.80. The zero-order valence-electron chi connectivity index (χ0n) is 28.2. The molecule has 260 valence electrons. The number of aliphatic hydroxyl groups is 2. The molecule has 7 aliphatic rings. The molecule has 2 saturated heterocycles. The minimum Gasteiger partial charge on any atom is -0.461 e. The van der Waals surface area contributed by atoms with Crippen LogP contribution in [-0.4, -0.2) is 115 Å². The number of piperidine rings is 1. The van der Waals surface area contributed by atoms with Gasteiger partial charge in [0.25, 0.3) is 0 Å². The maximum Gasteiger partial charge on any atom is 0.340 e. The number of carbonyl (C=O) groups excluding carboxylic acids is 4. The first kappa shape index (κ1) is 32.5. The van der Waals surface area contributed by atoms with Crippen molar-refractivity contribution in [1.82, 2.24) is 4.90 Å². The molecule has 7 bridgehead atoms. The summed E-state index contributed by atoms with van der Waals surface area (Å²) in [6, 6.07) is 5.93. The van der Waals surface area contributed by atoms with Crippen molar-refractivity contribution in [3.8, 4) is 0 Å². The second-order valence-electron chi connectivity index (χ2n) is 15.5. The molecule has 5 aliphatic carbocycles. The molecule has 1 aromatic carbocycles. The number of ether oxygens (including phenoxy) is 4. The van der Waals surface area contributed by atoms with Crippen LogP contribution in [0.15, 0.2) is 24.3 Å². The van der Waals surface area contributed by atoms with Crippen LogP contribution in [0.1, 0.15) is 56.3 Å². The molecule has 13 atom stereocenters. The van der Waals surface area contributed by atoms with E-state index >= 15 is 0 Å². The van der Waals surface area contributed by atoms with Crippen LogP contribution in [0.2, 0.25) is 0 Å². The van der Waals surface area contributed by atoms with Crippen molar-refractivity contribution < 1.29 is 48.3 Å². The standard InChI is InChI=1S/C36H46N2O10/c1-6-37-16-33(17-48-31(42)19-9-7-8-10-22(19)38-25(39)13-18(2)30(38)41)12-11-24(46-4)35-21-14-20-23(45-3)15-34(43,26(21)27(20)40)36(44,32(35)37)29(47-5)28(33)35/h7-10,18,20-21,23-24,26,28-29,32,43-44H,6,11-17H2,1-5H3/t18-,20-,21+,23-,24-,26+,28+,29-,32?,33-,34+,35-,36-/m0/s1. The highest BCUT2D eigenvalue weighted by molar-refractivity contribution is 6.22. The van der Waals surface area contributed by atoms with E-state index in [0.29, 0.717) is 32.4 Å². The molecule has 2 aliphatic heterocycles. The van der Waals surface area contributed by atoms with Crippen LogP contribution in [0, 0.1) is 40.4 Å². The molecule has 1 spiro atoms. The maximum absolute atomic E-state index is 14.1. The number of rotatable bonds is 8. The number of fused-ring (bicyclic) bond motifs is 2. The topological polar surface area (TPSA) is 152 Å². The van der Waals surface area contributed by atoms with E-state index in [2.05, 4.69) is 4.90 Å². The highest BCUT2D eigenvalue weighted by Gasteiger charge is 2.91. The molecule has 7 fully saturated rings. The summed E-state index contributed by atoms with van der Waals surface area (Å²) in [6.07, 6.45) is 0.178.